The molecule has 0 radical (unpaired) electrons. The van der Waals surface area contributed by atoms with Crippen molar-refractivity contribution in [3.63, 3.8) is 0 Å². The summed E-state index contributed by atoms with van der Waals surface area (Å²) in [5, 5.41) is 10.1. The van der Waals surface area contributed by atoms with E-state index in [0.717, 1.165) is 10.2 Å². The molecule has 9 nitrogen and oxygen atoms in total. The lowest BCUT2D eigenvalue weighted by molar-refractivity contribution is 0.0730. The highest BCUT2D eigenvalue weighted by molar-refractivity contribution is 9.10. The molecule has 4 rings (SSSR count). The molecule has 150 valence electrons. The van der Waals surface area contributed by atoms with Gasteiger partial charge in [-0.15, -0.1) is 0 Å². The lowest BCUT2D eigenvalue weighted by atomic mass is 10.1. The highest BCUT2D eigenvalue weighted by Gasteiger charge is 2.25. The molecule has 1 amide bonds. The molecule has 3 heterocycles. The van der Waals surface area contributed by atoms with E-state index < -0.39 is 0 Å². The van der Waals surface area contributed by atoms with E-state index >= 15 is 0 Å². The summed E-state index contributed by atoms with van der Waals surface area (Å²) >= 11 is 3.45. The van der Waals surface area contributed by atoms with Gasteiger partial charge in [0.25, 0.3) is 5.91 Å². The fourth-order valence-electron chi connectivity index (χ4n) is 3.22. The van der Waals surface area contributed by atoms with E-state index in [-0.39, 0.29) is 5.91 Å². The molecular weight excluding hydrogens is 438 g/mol. The molecular formula is C19H20BrN7O2. The molecule has 0 unspecified atom stereocenters. The molecule has 0 atom stereocenters. The third kappa shape index (κ3) is 4.28. The maximum absolute atomic E-state index is 13.3. The lowest BCUT2D eigenvalue weighted by Gasteiger charge is -2.22. The van der Waals surface area contributed by atoms with Crippen molar-refractivity contribution in [2.45, 2.75) is 13.8 Å². The van der Waals surface area contributed by atoms with E-state index in [0.29, 0.717) is 49.1 Å². The topological polar surface area (TPSA) is 89.3 Å². The summed E-state index contributed by atoms with van der Waals surface area (Å²) in [6.07, 6.45) is 3.17. The van der Waals surface area contributed by atoms with Gasteiger partial charge < -0.3 is 4.90 Å². The standard InChI is InChI=1S/C19H20BrN7O2/c1-13-11-18(24-14(2)23-13)26-8-7-25(9-10-29-26)19(28)16-12-15(20)3-4-17(16)27-21-5-6-22-27/h3-6,11-12H,7-10H2,1-2H3. The van der Waals surface area contributed by atoms with E-state index in [9.17, 15) is 4.79 Å². The number of benzene rings is 1. The Morgan fingerprint density at radius 2 is 1.86 bits per heavy atom. The van der Waals surface area contributed by atoms with Gasteiger partial charge in [-0.1, -0.05) is 15.9 Å². The summed E-state index contributed by atoms with van der Waals surface area (Å²) in [4.78, 5) is 31.1. The summed E-state index contributed by atoms with van der Waals surface area (Å²) in [7, 11) is 0. The molecule has 2 aromatic heterocycles. The van der Waals surface area contributed by atoms with Crippen LogP contribution in [0.15, 0.2) is 41.1 Å². The van der Waals surface area contributed by atoms with Gasteiger partial charge in [-0.05, 0) is 32.0 Å². The maximum Gasteiger partial charge on any atom is 0.256 e. The maximum atomic E-state index is 13.3. The number of anilines is 1. The van der Waals surface area contributed by atoms with E-state index in [4.69, 9.17) is 4.84 Å². The number of carbonyl (C=O) groups excluding carboxylic acids is 1. The highest BCUT2D eigenvalue weighted by atomic mass is 79.9. The average molecular weight is 458 g/mol. The number of halogens is 1. The Hall–Kier alpha value is -2.85. The molecule has 0 aliphatic carbocycles. The Balaban J connectivity index is 1.56. The molecule has 1 aliphatic heterocycles. The monoisotopic (exact) mass is 457 g/mol. The van der Waals surface area contributed by atoms with E-state index in [1.807, 2.05) is 32.0 Å². The average Bonchev–Trinajstić information content (AvgIpc) is 3.10. The number of aryl methyl sites for hydroxylation is 2. The van der Waals surface area contributed by atoms with Gasteiger partial charge in [0.1, 0.15) is 5.82 Å². The summed E-state index contributed by atoms with van der Waals surface area (Å²) in [5.74, 6) is 1.29. The minimum Gasteiger partial charge on any atom is -0.334 e. The molecule has 3 aromatic rings. The number of amides is 1. The first-order valence-corrected chi connectivity index (χ1v) is 9.99. The van der Waals surface area contributed by atoms with Crippen LogP contribution in [0.5, 0.6) is 0 Å². The van der Waals surface area contributed by atoms with Crippen molar-refractivity contribution in [2.75, 3.05) is 31.3 Å². The van der Waals surface area contributed by atoms with Crippen LogP contribution in [-0.4, -0.2) is 62.0 Å². The number of carbonyl (C=O) groups is 1. The number of hydrogen-bond donors (Lipinski definition) is 0. The number of hydrogen-bond acceptors (Lipinski definition) is 7. The third-order valence-corrected chi connectivity index (χ3v) is 4.99. The number of hydroxylamine groups is 1. The van der Waals surface area contributed by atoms with E-state index in [2.05, 4.69) is 36.1 Å². The quantitative estimate of drug-likeness (QED) is 0.595. The Bertz CT molecular complexity index is 1010. The van der Waals surface area contributed by atoms with Gasteiger partial charge in [0.2, 0.25) is 0 Å². The van der Waals surface area contributed by atoms with Gasteiger partial charge in [0.05, 0.1) is 36.8 Å². The second kappa shape index (κ2) is 8.26. The highest BCUT2D eigenvalue weighted by Crippen LogP contribution is 2.22. The van der Waals surface area contributed by atoms with Gasteiger partial charge in [-0.2, -0.15) is 15.0 Å². The van der Waals surface area contributed by atoms with E-state index in [1.165, 1.54) is 4.80 Å². The van der Waals surface area contributed by atoms with Gasteiger partial charge in [-0.25, -0.2) is 15.0 Å². The van der Waals surface area contributed by atoms with Crippen molar-refractivity contribution in [3.05, 3.63) is 58.2 Å². The molecule has 1 fully saturated rings. The Labute approximate surface area is 176 Å². The van der Waals surface area contributed by atoms with Gasteiger partial charge in [0, 0.05) is 29.3 Å². The molecule has 0 saturated carbocycles. The van der Waals surface area contributed by atoms with Crippen LogP contribution in [-0.2, 0) is 4.84 Å². The lowest BCUT2D eigenvalue weighted by Crippen LogP contribution is -2.36. The molecule has 0 bridgehead atoms. The van der Waals surface area contributed by atoms with Crippen molar-refractivity contribution in [3.8, 4) is 5.69 Å². The SMILES string of the molecule is Cc1cc(N2CCN(C(=O)c3cc(Br)ccc3-n3nccn3)CCO2)nc(C)n1. The van der Waals surface area contributed by atoms with Crippen LogP contribution in [0.1, 0.15) is 21.9 Å². The first-order valence-electron chi connectivity index (χ1n) is 9.19. The summed E-state index contributed by atoms with van der Waals surface area (Å²) in [5.41, 5.74) is 2.03. The zero-order chi connectivity index (χ0) is 20.4. The van der Waals surface area contributed by atoms with Gasteiger partial charge in [-0.3, -0.25) is 9.63 Å². The molecule has 1 aromatic carbocycles. The zero-order valence-electron chi connectivity index (χ0n) is 16.1. The fraction of sp³-hybridized carbons (Fsp3) is 0.316. The Morgan fingerprint density at radius 3 is 2.62 bits per heavy atom. The van der Waals surface area contributed by atoms with Crippen LogP contribution in [0.2, 0.25) is 0 Å². The minimum atomic E-state index is -0.0981. The number of aromatic nitrogens is 5. The first kappa shape index (κ1) is 19.5. The van der Waals surface area contributed by atoms with Crippen LogP contribution in [0, 0.1) is 13.8 Å². The molecule has 0 spiro atoms. The smallest absolute Gasteiger partial charge is 0.256 e. The largest absolute Gasteiger partial charge is 0.334 e. The second-order valence-electron chi connectivity index (χ2n) is 6.62. The van der Waals surface area contributed by atoms with Crippen LogP contribution < -0.4 is 5.06 Å². The van der Waals surface area contributed by atoms with Crippen molar-refractivity contribution in [2.24, 2.45) is 0 Å². The van der Waals surface area contributed by atoms with E-state index in [1.54, 1.807) is 28.4 Å². The first-order chi connectivity index (χ1) is 14.0. The van der Waals surface area contributed by atoms with Crippen LogP contribution >= 0.6 is 15.9 Å². The summed E-state index contributed by atoms with van der Waals surface area (Å²) in [6, 6.07) is 7.36. The van der Waals surface area contributed by atoms with Crippen molar-refractivity contribution < 1.29 is 9.63 Å². The predicted octanol–water partition coefficient (Wildman–Crippen LogP) is 2.33. The van der Waals surface area contributed by atoms with Crippen LogP contribution in [0.4, 0.5) is 5.82 Å². The van der Waals surface area contributed by atoms with Crippen molar-refractivity contribution in [1.82, 2.24) is 29.9 Å². The van der Waals surface area contributed by atoms with Crippen molar-refractivity contribution >= 4 is 27.7 Å². The second-order valence-corrected chi connectivity index (χ2v) is 7.54. The number of nitrogens with zero attached hydrogens (tertiary/aromatic N) is 7. The fourth-order valence-corrected chi connectivity index (χ4v) is 3.58. The molecule has 10 heteroatoms. The normalized spacial score (nSPS) is 14.7. The van der Waals surface area contributed by atoms with Crippen LogP contribution in [0.3, 0.4) is 0 Å². The summed E-state index contributed by atoms with van der Waals surface area (Å²) < 4.78 is 0.816. The molecule has 0 N–H and O–H groups in total. The summed E-state index contributed by atoms with van der Waals surface area (Å²) in [6.45, 7) is 5.62. The van der Waals surface area contributed by atoms with Crippen molar-refractivity contribution in [1.29, 1.82) is 0 Å². The zero-order valence-corrected chi connectivity index (χ0v) is 17.7. The molecule has 29 heavy (non-hydrogen) atoms. The number of rotatable bonds is 3. The van der Waals surface area contributed by atoms with Gasteiger partial charge >= 0.3 is 0 Å². The molecule has 1 aliphatic rings. The Kier molecular flexibility index (Phi) is 5.54. The predicted molar refractivity (Wildman–Crippen MR) is 110 cm³/mol. The minimum absolute atomic E-state index is 0.0981. The molecule has 1 saturated heterocycles. The third-order valence-electron chi connectivity index (χ3n) is 4.50. The van der Waals surface area contributed by atoms with Gasteiger partial charge in [0.15, 0.2) is 5.82 Å². The van der Waals surface area contributed by atoms with Crippen LogP contribution in [0.25, 0.3) is 5.69 Å². The Morgan fingerprint density at radius 1 is 1.07 bits per heavy atom.